The Labute approximate surface area is 186 Å². The SMILES string of the molecule is Cc1cc2oc3cc(C)c([OH+]CC4CCCCC4)cc3c2cc1OCC1CCCCC1. The highest BCUT2D eigenvalue weighted by atomic mass is 16.5. The molecule has 2 fully saturated rings. The molecule has 0 spiro atoms. The number of aryl methyl sites for hydroxylation is 2. The standard InChI is InChI=1S/C28H36O3/c1-19-13-27-23(15-25(19)29-17-21-9-5-3-6-10-21)24-16-26(20(2)14-28(24)31-27)30-18-22-11-7-4-8-12-22/h13-16,21-22H,3-12,17-18H2,1-2H3/p+1. The van der Waals surface area contributed by atoms with E-state index in [1.807, 2.05) is 0 Å². The minimum absolute atomic E-state index is 0.706. The van der Waals surface area contributed by atoms with Crippen molar-refractivity contribution >= 4 is 21.9 Å². The first-order valence-electron chi connectivity index (χ1n) is 12.4. The van der Waals surface area contributed by atoms with Crippen molar-refractivity contribution < 1.29 is 13.9 Å². The average molecular weight is 422 g/mol. The Morgan fingerprint density at radius 1 is 0.774 bits per heavy atom. The second kappa shape index (κ2) is 9.14. The first kappa shape index (κ1) is 20.7. The summed E-state index contributed by atoms with van der Waals surface area (Å²) in [7, 11) is 0. The third-order valence-corrected chi connectivity index (χ3v) is 7.53. The maximum absolute atomic E-state index is 6.32. The predicted molar refractivity (Wildman–Crippen MR) is 128 cm³/mol. The van der Waals surface area contributed by atoms with Gasteiger partial charge in [0, 0.05) is 28.3 Å². The fourth-order valence-electron chi connectivity index (χ4n) is 5.52. The zero-order valence-electron chi connectivity index (χ0n) is 19.2. The van der Waals surface area contributed by atoms with Crippen molar-refractivity contribution in [1.29, 1.82) is 0 Å². The summed E-state index contributed by atoms with van der Waals surface area (Å²) in [5.41, 5.74) is 4.25. The Balaban J connectivity index is 1.39. The van der Waals surface area contributed by atoms with Gasteiger partial charge < -0.3 is 13.9 Å². The van der Waals surface area contributed by atoms with Crippen LogP contribution in [-0.2, 0) is 0 Å². The first-order valence-corrected chi connectivity index (χ1v) is 12.4. The van der Waals surface area contributed by atoms with Crippen molar-refractivity contribution in [1.82, 2.24) is 0 Å². The molecule has 2 aromatic carbocycles. The molecule has 0 saturated heterocycles. The zero-order valence-corrected chi connectivity index (χ0v) is 19.2. The maximum atomic E-state index is 6.32. The summed E-state index contributed by atoms with van der Waals surface area (Å²) in [6.45, 7) is 6.06. The highest BCUT2D eigenvalue weighted by Gasteiger charge is 2.20. The molecule has 0 atom stereocenters. The molecule has 1 aromatic heterocycles. The molecule has 3 aromatic rings. The molecule has 0 aliphatic heterocycles. The van der Waals surface area contributed by atoms with Crippen molar-refractivity contribution in [3.8, 4) is 11.5 Å². The van der Waals surface area contributed by atoms with E-state index in [-0.39, 0.29) is 0 Å². The van der Waals surface area contributed by atoms with Gasteiger partial charge in [-0.1, -0.05) is 38.5 Å². The molecule has 31 heavy (non-hydrogen) atoms. The van der Waals surface area contributed by atoms with E-state index in [0.717, 1.165) is 58.1 Å². The monoisotopic (exact) mass is 421 g/mol. The van der Waals surface area contributed by atoms with Gasteiger partial charge in [0.05, 0.1) is 6.61 Å². The molecule has 2 aliphatic rings. The van der Waals surface area contributed by atoms with Crippen LogP contribution >= 0.6 is 0 Å². The summed E-state index contributed by atoms with van der Waals surface area (Å²) in [5, 5.41) is 2.30. The molecule has 0 bridgehead atoms. The van der Waals surface area contributed by atoms with Crippen LogP contribution < -0.4 is 4.74 Å². The topological polar surface area (TPSA) is 35.2 Å². The van der Waals surface area contributed by atoms with Crippen molar-refractivity contribution in [2.24, 2.45) is 11.8 Å². The van der Waals surface area contributed by atoms with Gasteiger partial charge in [-0.2, -0.15) is 0 Å². The highest BCUT2D eigenvalue weighted by molar-refractivity contribution is 6.06. The Hall–Kier alpha value is -2.16. The largest absolute Gasteiger partial charge is 0.582 e. The van der Waals surface area contributed by atoms with Gasteiger partial charge in [0.15, 0.2) is 6.61 Å². The number of aliphatic hydroxyl groups is 1. The van der Waals surface area contributed by atoms with Gasteiger partial charge in [-0.15, -0.1) is 0 Å². The minimum Gasteiger partial charge on any atom is -0.582 e. The lowest BCUT2D eigenvalue weighted by Gasteiger charge is -2.22. The van der Waals surface area contributed by atoms with Crippen LogP contribution in [0.5, 0.6) is 11.5 Å². The molecule has 0 amide bonds. The van der Waals surface area contributed by atoms with Crippen LogP contribution in [0.4, 0.5) is 0 Å². The van der Waals surface area contributed by atoms with Crippen LogP contribution in [0, 0.1) is 25.7 Å². The van der Waals surface area contributed by atoms with Crippen LogP contribution in [0.15, 0.2) is 28.7 Å². The van der Waals surface area contributed by atoms with E-state index in [0.29, 0.717) is 5.92 Å². The number of benzene rings is 2. The Morgan fingerprint density at radius 2 is 1.39 bits per heavy atom. The van der Waals surface area contributed by atoms with Gasteiger partial charge in [-0.25, -0.2) is 0 Å². The fourth-order valence-corrected chi connectivity index (χ4v) is 5.52. The molecule has 2 aliphatic carbocycles. The van der Waals surface area contributed by atoms with Crippen LogP contribution in [0.25, 0.3) is 21.9 Å². The molecule has 5 rings (SSSR count). The normalized spacial score (nSPS) is 18.6. The van der Waals surface area contributed by atoms with Crippen LogP contribution in [0.3, 0.4) is 0 Å². The van der Waals surface area contributed by atoms with Crippen molar-refractivity contribution in [3.63, 3.8) is 0 Å². The number of aromatic hydroxyl groups is 1. The van der Waals surface area contributed by atoms with E-state index in [1.165, 1.54) is 69.8 Å². The average Bonchev–Trinajstić information content (AvgIpc) is 3.13. The molecule has 1 N–H and O–H groups in total. The minimum atomic E-state index is 0.706. The van der Waals surface area contributed by atoms with E-state index in [2.05, 4.69) is 38.1 Å². The second-order valence-electron chi connectivity index (χ2n) is 10.0. The lowest BCUT2D eigenvalue weighted by atomic mass is 9.90. The molecular formula is C28H37O3+. The molecule has 2 saturated carbocycles. The molecule has 1 heterocycles. The van der Waals surface area contributed by atoms with Crippen LogP contribution in [0.2, 0.25) is 0 Å². The van der Waals surface area contributed by atoms with Gasteiger partial charge in [-0.3, -0.25) is 0 Å². The summed E-state index contributed by atoms with van der Waals surface area (Å²) < 4.78 is 17.6. The molecule has 166 valence electrons. The fraction of sp³-hybridized carbons (Fsp3) is 0.571. The molecule has 0 unspecified atom stereocenters. The van der Waals surface area contributed by atoms with Gasteiger partial charge in [-0.05, 0) is 69.2 Å². The van der Waals surface area contributed by atoms with Gasteiger partial charge in [0.1, 0.15) is 16.9 Å². The number of fused-ring (bicyclic) bond motifs is 3. The van der Waals surface area contributed by atoms with E-state index >= 15 is 0 Å². The van der Waals surface area contributed by atoms with E-state index in [1.54, 1.807) is 0 Å². The highest BCUT2D eigenvalue weighted by Crippen LogP contribution is 2.38. The maximum Gasteiger partial charge on any atom is 0.258 e. The van der Waals surface area contributed by atoms with E-state index in [4.69, 9.17) is 13.9 Å². The quantitative estimate of drug-likeness (QED) is 0.378. The van der Waals surface area contributed by atoms with Gasteiger partial charge in [0.2, 0.25) is 0 Å². The summed E-state index contributed by atoms with van der Waals surface area (Å²) in [6.07, 6.45) is 13.5. The summed E-state index contributed by atoms with van der Waals surface area (Å²) in [6, 6.07) is 8.73. The van der Waals surface area contributed by atoms with Crippen molar-refractivity contribution in [2.45, 2.75) is 78.1 Å². The Kier molecular flexibility index (Phi) is 6.11. The molecular weight excluding hydrogens is 384 g/mol. The van der Waals surface area contributed by atoms with E-state index < -0.39 is 0 Å². The van der Waals surface area contributed by atoms with Crippen LogP contribution in [0.1, 0.15) is 75.3 Å². The number of rotatable bonds is 6. The lowest BCUT2D eigenvalue weighted by Crippen LogP contribution is -2.15. The Bertz CT molecular complexity index is 953. The summed E-state index contributed by atoms with van der Waals surface area (Å²) >= 11 is 0. The first-order chi connectivity index (χ1) is 15.2. The van der Waals surface area contributed by atoms with E-state index in [9.17, 15) is 0 Å². The third-order valence-electron chi connectivity index (χ3n) is 7.53. The van der Waals surface area contributed by atoms with Gasteiger partial charge in [0.25, 0.3) is 5.75 Å². The smallest absolute Gasteiger partial charge is 0.258 e. The molecule has 3 heteroatoms. The molecule has 3 nitrogen and oxygen atoms in total. The predicted octanol–water partition coefficient (Wildman–Crippen LogP) is 7.98. The number of hydrogen-bond acceptors (Lipinski definition) is 2. The third kappa shape index (κ3) is 4.56. The van der Waals surface area contributed by atoms with Gasteiger partial charge >= 0.3 is 0 Å². The van der Waals surface area contributed by atoms with Crippen molar-refractivity contribution in [3.05, 3.63) is 35.4 Å². The van der Waals surface area contributed by atoms with Crippen molar-refractivity contribution in [2.75, 3.05) is 13.2 Å². The van der Waals surface area contributed by atoms with Crippen LogP contribution in [-0.4, -0.2) is 18.0 Å². The lowest BCUT2D eigenvalue weighted by molar-refractivity contribution is 0.0251. The number of ether oxygens (including phenoxy) is 2. The summed E-state index contributed by atoms with van der Waals surface area (Å²) in [5.74, 6) is 3.58. The zero-order chi connectivity index (χ0) is 21.2. The second-order valence-corrected chi connectivity index (χ2v) is 10.0. The number of furan rings is 1. The Morgan fingerprint density at radius 3 is 2.10 bits per heavy atom. The molecule has 0 radical (unpaired) electrons. The number of hydrogen-bond donors (Lipinski definition) is 0. The summed E-state index contributed by atoms with van der Waals surface area (Å²) in [4.78, 5) is 0.